The molecule has 0 atom stereocenters. The number of carbonyl (C=O) groups is 1. The first kappa shape index (κ1) is 25.6. The summed E-state index contributed by atoms with van der Waals surface area (Å²) in [5.41, 5.74) is 3.31. The van der Waals surface area contributed by atoms with E-state index in [1.54, 1.807) is 11.8 Å². The molecule has 0 spiro atoms. The molecule has 1 aliphatic rings. The van der Waals surface area contributed by atoms with Gasteiger partial charge in [0.2, 0.25) is 0 Å². The summed E-state index contributed by atoms with van der Waals surface area (Å²) in [5, 5.41) is 2.82. The third-order valence-electron chi connectivity index (χ3n) is 5.22. The van der Waals surface area contributed by atoms with E-state index in [-0.39, 0.29) is 6.61 Å². The smallest absolute Gasteiger partial charge is 0.445 e. The molecule has 9 heteroatoms. The van der Waals surface area contributed by atoms with Gasteiger partial charge in [-0.1, -0.05) is 30.0 Å². The van der Waals surface area contributed by atoms with Crippen LogP contribution in [0.4, 0.5) is 16.2 Å². The highest BCUT2D eigenvalue weighted by atomic mass is 32.2. The molecule has 3 rings (SSSR count). The number of hydrogen-bond acceptors (Lipinski definition) is 7. The first-order valence-corrected chi connectivity index (χ1v) is 14.2. The predicted octanol–water partition coefficient (Wildman–Crippen LogP) is 5.58. The van der Waals surface area contributed by atoms with E-state index >= 15 is 0 Å². The van der Waals surface area contributed by atoms with E-state index in [0.29, 0.717) is 38.8 Å². The summed E-state index contributed by atoms with van der Waals surface area (Å²) >= 11 is 1.74. The summed E-state index contributed by atoms with van der Waals surface area (Å²) in [6.45, 7) is 8.14. The van der Waals surface area contributed by atoms with E-state index in [1.807, 2.05) is 39.0 Å². The number of fused-ring (bicyclic) bond motifs is 2. The number of benzene rings is 2. The maximum atomic E-state index is 12.2. The quantitative estimate of drug-likeness (QED) is 0.307. The average molecular weight is 491 g/mol. The van der Waals surface area contributed by atoms with E-state index < -0.39 is 14.9 Å². The Kier molecular flexibility index (Phi) is 9.63. The Balaban J connectivity index is 1.47. The molecule has 1 aliphatic heterocycles. The maximum absolute atomic E-state index is 12.2. The van der Waals surface area contributed by atoms with Crippen molar-refractivity contribution in [3.8, 4) is 0 Å². The van der Waals surface area contributed by atoms with Crippen LogP contribution in [-0.2, 0) is 24.6 Å². The predicted molar refractivity (Wildman–Crippen MR) is 133 cm³/mol. The molecule has 1 N–H and O–H groups in total. The van der Waals surface area contributed by atoms with Gasteiger partial charge in [0.1, 0.15) is 6.61 Å². The number of ether oxygens (including phenoxy) is 1. The fourth-order valence-corrected chi connectivity index (χ4v) is 7.60. The summed E-state index contributed by atoms with van der Waals surface area (Å²) in [6.07, 6.45) is 0.266. The minimum Gasteiger partial charge on any atom is -0.445 e. The van der Waals surface area contributed by atoms with Crippen LogP contribution in [-0.4, -0.2) is 48.3 Å². The summed E-state index contributed by atoms with van der Waals surface area (Å²) in [4.78, 5) is 16.8. The maximum Gasteiger partial charge on any atom is 0.500 e. The summed E-state index contributed by atoms with van der Waals surface area (Å²) in [5.74, 6) is 0. The minimum absolute atomic E-state index is 0.223. The van der Waals surface area contributed by atoms with Crippen LogP contribution in [0, 0.1) is 0 Å². The molecule has 0 fully saturated rings. The first-order chi connectivity index (χ1) is 16.0. The number of alkyl carbamates (subject to hydrolysis) is 1. The van der Waals surface area contributed by atoms with Gasteiger partial charge in [-0.05, 0) is 57.0 Å². The zero-order valence-electron chi connectivity index (χ0n) is 19.9. The molecule has 0 aromatic heterocycles. The fourth-order valence-electron chi connectivity index (χ4n) is 3.77. The van der Waals surface area contributed by atoms with Gasteiger partial charge in [-0.15, -0.1) is 0 Å². The Hall–Kier alpha value is -2.04. The van der Waals surface area contributed by atoms with Crippen LogP contribution in [0.15, 0.2) is 52.3 Å². The van der Waals surface area contributed by atoms with Crippen molar-refractivity contribution in [2.75, 3.05) is 38.3 Å². The molecule has 1 amide bonds. The second-order valence-corrected chi connectivity index (χ2v) is 11.3. The van der Waals surface area contributed by atoms with Crippen LogP contribution in [0.1, 0.15) is 32.8 Å². The highest BCUT2D eigenvalue weighted by Gasteiger charge is 2.39. The lowest BCUT2D eigenvalue weighted by Crippen LogP contribution is -2.46. The molecule has 1 heterocycles. The van der Waals surface area contributed by atoms with Gasteiger partial charge in [-0.25, -0.2) is 4.79 Å². The van der Waals surface area contributed by atoms with Crippen LogP contribution in [0.2, 0.25) is 6.04 Å². The van der Waals surface area contributed by atoms with Crippen molar-refractivity contribution in [1.29, 1.82) is 0 Å². The minimum atomic E-state index is -2.68. The summed E-state index contributed by atoms with van der Waals surface area (Å²) < 4.78 is 23.0. The molecular weight excluding hydrogens is 456 g/mol. The molecule has 2 aromatic rings. The molecule has 0 unspecified atom stereocenters. The first-order valence-electron chi connectivity index (χ1n) is 11.5. The van der Waals surface area contributed by atoms with Crippen LogP contribution in [0.3, 0.4) is 0 Å². The third-order valence-corrected chi connectivity index (χ3v) is 9.49. The van der Waals surface area contributed by atoms with E-state index in [2.05, 4.69) is 41.5 Å². The number of hydrogen-bond donors (Lipinski definition) is 1. The molecule has 0 bridgehead atoms. The molecule has 33 heavy (non-hydrogen) atoms. The second-order valence-electron chi connectivity index (χ2n) is 7.52. The third kappa shape index (κ3) is 6.74. The SMILES string of the molecule is CCO[Si](CCCNC(=O)OCc1ccc2c(c1)Sc1ccccc1N2C)(OCC)OCC. The van der Waals surface area contributed by atoms with Crippen molar-refractivity contribution < 1.29 is 22.8 Å². The molecule has 2 aromatic carbocycles. The van der Waals surface area contributed by atoms with Gasteiger partial charge in [0.15, 0.2) is 0 Å². The summed E-state index contributed by atoms with van der Waals surface area (Å²) in [7, 11) is -0.611. The van der Waals surface area contributed by atoms with Crippen molar-refractivity contribution in [3.63, 3.8) is 0 Å². The Bertz CT molecular complexity index is 912. The molecule has 0 saturated heterocycles. The number of amides is 1. The lowest BCUT2D eigenvalue weighted by atomic mass is 10.2. The van der Waals surface area contributed by atoms with Gasteiger partial charge in [-0.2, -0.15) is 0 Å². The largest absolute Gasteiger partial charge is 0.500 e. The van der Waals surface area contributed by atoms with Gasteiger partial charge in [-0.3, -0.25) is 0 Å². The van der Waals surface area contributed by atoms with Gasteiger partial charge in [0, 0.05) is 49.2 Å². The van der Waals surface area contributed by atoms with Crippen molar-refractivity contribution >= 4 is 38.0 Å². The van der Waals surface area contributed by atoms with E-state index in [0.717, 1.165) is 16.1 Å². The van der Waals surface area contributed by atoms with Crippen LogP contribution in [0.25, 0.3) is 0 Å². The fraction of sp³-hybridized carbons (Fsp3) is 0.458. The van der Waals surface area contributed by atoms with Gasteiger partial charge < -0.3 is 28.2 Å². The number of nitrogens with one attached hydrogen (secondary N) is 1. The Morgan fingerprint density at radius 1 is 0.970 bits per heavy atom. The number of rotatable bonds is 12. The molecular formula is C24H34N2O5SSi. The molecule has 0 radical (unpaired) electrons. The van der Waals surface area contributed by atoms with Gasteiger partial charge in [0.05, 0.1) is 11.4 Å². The standard InChI is InChI=1S/C24H34N2O5SSi/c1-5-29-33(30-6-2,31-7-3)16-10-15-25-24(27)28-18-19-13-14-21-23(17-19)32-22-12-9-8-11-20(22)26(21)4/h8-9,11-14,17H,5-7,10,15-16,18H2,1-4H3,(H,25,27). The molecule has 7 nitrogen and oxygen atoms in total. The Morgan fingerprint density at radius 2 is 1.64 bits per heavy atom. The van der Waals surface area contributed by atoms with Crippen LogP contribution in [0.5, 0.6) is 0 Å². The zero-order valence-corrected chi connectivity index (χ0v) is 21.7. The molecule has 180 valence electrons. The Morgan fingerprint density at radius 3 is 2.33 bits per heavy atom. The monoisotopic (exact) mass is 490 g/mol. The van der Waals surface area contributed by atoms with Crippen molar-refractivity contribution in [2.24, 2.45) is 0 Å². The lowest BCUT2D eigenvalue weighted by molar-refractivity contribution is 0.0706. The highest BCUT2D eigenvalue weighted by Crippen LogP contribution is 2.47. The zero-order chi connectivity index (χ0) is 23.7. The van der Waals surface area contributed by atoms with Gasteiger partial charge in [0.25, 0.3) is 0 Å². The average Bonchev–Trinajstić information content (AvgIpc) is 2.81. The lowest BCUT2D eigenvalue weighted by Gasteiger charge is -2.29. The van der Waals surface area contributed by atoms with Crippen molar-refractivity contribution in [1.82, 2.24) is 5.32 Å². The normalized spacial score (nSPS) is 12.8. The van der Waals surface area contributed by atoms with Crippen LogP contribution >= 0.6 is 11.8 Å². The molecule has 0 saturated carbocycles. The number of nitrogens with zero attached hydrogens (tertiary/aromatic N) is 1. The van der Waals surface area contributed by atoms with E-state index in [9.17, 15) is 4.79 Å². The number of anilines is 2. The van der Waals surface area contributed by atoms with Crippen molar-refractivity contribution in [3.05, 3.63) is 48.0 Å². The second kappa shape index (κ2) is 12.4. The summed E-state index contributed by atoms with van der Waals surface area (Å²) in [6, 6.07) is 15.2. The topological polar surface area (TPSA) is 69.3 Å². The Labute approximate surface area is 202 Å². The van der Waals surface area contributed by atoms with E-state index in [1.165, 1.54) is 10.6 Å². The van der Waals surface area contributed by atoms with Gasteiger partial charge >= 0.3 is 14.9 Å². The number of carbonyl (C=O) groups excluding carboxylic acids is 1. The van der Waals surface area contributed by atoms with E-state index in [4.69, 9.17) is 18.0 Å². The molecule has 0 aliphatic carbocycles. The highest BCUT2D eigenvalue weighted by molar-refractivity contribution is 7.99. The van der Waals surface area contributed by atoms with Crippen molar-refractivity contribution in [2.45, 2.75) is 49.6 Å². The number of para-hydroxylation sites is 1. The van der Waals surface area contributed by atoms with Crippen LogP contribution < -0.4 is 10.2 Å².